The molecule has 3 rings (SSSR count). The summed E-state index contributed by atoms with van der Waals surface area (Å²) in [6.07, 6.45) is 0.575. The van der Waals surface area contributed by atoms with Gasteiger partial charge in [0.05, 0.1) is 22.3 Å². The Kier molecular flexibility index (Phi) is 5.78. The number of fused-ring (bicyclic) bond motifs is 1. The van der Waals surface area contributed by atoms with Gasteiger partial charge in [0.1, 0.15) is 11.1 Å². The number of benzene rings is 1. The van der Waals surface area contributed by atoms with Crippen molar-refractivity contribution >= 4 is 38.0 Å². The van der Waals surface area contributed by atoms with E-state index in [-0.39, 0.29) is 10.8 Å². The van der Waals surface area contributed by atoms with Crippen molar-refractivity contribution in [3.8, 4) is 6.07 Å². The van der Waals surface area contributed by atoms with Crippen molar-refractivity contribution in [2.75, 3.05) is 11.9 Å². The first-order valence-electron chi connectivity index (χ1n) is 9.10. The number of anilines is 1. The van der Waals surface area contributed by atoms with E-state index in [2.05, 4.69) is 11.4 Å². The maximum Gasteiger partial charge on any atom is 0.256 e. The number of hydrogen-bond acceptors (Lipinski definition) is 6. The van der Waals surface area contributed by atoms with Crippen LogP contribution < -0.4 is 5.32 Å². The van der Waals surface area contributed by atoms with E-state index in [9.17, 15) is 23.3 Å². The Hall–Kier alpha value is -2.70. The van der Waals surface area contributed by atoms with Crippen molar-refractivity contribution in [3.05, 3.63) is 45.8 Å². The van der Waals surface area contributed by atoms with E-state index in [1.165, 1.54) is 42.5 Å². The van der Waals surface area contributed by atoms with Gasteiger partial charge in [-0.05, 0) is 50.1 Å². The Morgan fingerprint density at radius 1 is 1.24 bits per heavy atom. The van der Waals surface area contributed by atoms with E-state index in [0.29, 0.717) is 35.6 Å². The van der Waals surface area contributed by atoms with Gasteiger partial charge < -0.3 is 10.2 Å². The van der Waals surface area contributed by atoms with Gasteiger partial charge in [-0.15, -0.1) is 11.3 Å². The minimum absolute atomic E-state index is 0.0235. The van der Waals surface area contributed by atoms with Crippen molar-refractivity contribution in [1.82, 2.24) is 4.90 Å². The summed E-state index contributed by atoms with van der Waals surface area (Å²) in [4.78, 5) is 27.0. The second kappa shape index (κ2) is 7.97. The fourth-order valence-corrected chi connectivity index (χ4v) is 5.39. The van der Waals surface area contributed by atoms with E-state index in [4.69, 9.17) is 0 Å². The molecule has 7 nitrogen and oxygen atoms in total. The molecule has 0 radical (unpaired) electrons. The van der Waals surface area contributed by atoms with Crippen molar-refractivity contribution in [1.29, 1.82) is 5.26 Å². The van der Waals surface area contributed by atoms with Crippen LogP contribution in [0.1, 0.15) is 47.1 Å². The standard InChI is InChI=1S/C20H21N3O4S2/c1-12(2)29(26,27)15-6-4-14(5-7-15)19(25)22-20-17(10-21)16-8-9-23(13(3)24)11-18(16)28-20/h4-7,12H,8-9,11H2,1-3H3,(H,22,25). The molecular weight excluding hydrogens is 410 g/mol. The Morgan fingerprint density at radius 3 is 2.45 bits per heavy atom. The first-order chi connectivity index (χ1) is 13.6. The van der Waals surface area contributed by atoms with Crippen LogP contribution in [0.4, 0.5) is 5.00 Å². The van der Waals surface area contributed by atoms with Gasteiger partial charge in [-0.25, -0.2) is 8.42 Å². The number of nitrogens with one attached hydrogen (secondary N) is 1. The SMILES string of the molecule is CC(=O)N1CCc2c(sc(NC(=O)c3ccc(S(=O)(=O)C(C)C)cc3)c2C#N)C1. The molecule has 1 aliphatic rings. The summed E-state index contributed by atoms with van der Waals surface area (Å²) in [5, 5.41) is 12.2. The van der Waals surface area contributed by atoms with Crippen LogP contribution in [0, 0.1) is 11.3 Å². The van der Waals surface area contributed by atoms with Crippen LogP contribution in [0.25, 0.3) is 0 Å². The number of carbonyl (C=O) groups is 2. The number of sulfone groups is 1. The Morgan fingerprint density at radius 2 is 1.90 bits per heavy atom. The number of thiophene rings is 1. The highest BCUT2D eigenvalue weighted by atomic mass is 32.2. The quantitative estimate of drug-likeness (QED) is 0.801. The predicted molar refractivity (Wildman–Crippen MR) is 111 cm³/mol. The minimum Gasteiger partial charge on any atom is -0.337 e. The molecule has 0 fully saturated rings. The van der Waals surface area contributed by atoms with E-state index in [1.54, 1.807) is 18.7 Å². The van der Waals surface area contributed by atoms with Crippen molar-refractivity contribution in [2.45, 2.75) is 43.9 Å². The van der Waals surface area contributed by atoms with Gasteiger partial charge in [-0.3, -0.25) is 9.59 Å². The number of rotatable bonds is 4. The summed E-state index contributed by atoms with van der Waals surface area (Å²) in [6, 6.07) is 7.91. The molecule has 9 heteroatoms. The van der Waals surface area contributed by atoms with Gasteiger partial charge in [-0.2, -0.15) is 5.26 Å². The van der Waals surface area contributed by atoms with Gasteiger partial charge in [0.25, 0.3) is 5.91 Å². The second-order valence-electron chi connectivity index (χ2n) is 7.08. The zero-order valence-electron chi connectivity index (χ0n) is 16.4. The Balaban J connectivity index is 1.83. The first-order valence-corrected chi connectivity index (χ1v) is 11.5. The molecule has 1 aliphatic heterocycles. The maximum absolute atomic E-state index is 12.6. The zero-order valence-corrected chi connectivity index (χ0v) is 18.0. The molecule has 0 unspecified atom stereocenters. The summed E-state index contributed by atoms with van der Waals surface area (Å²) in [6.45, 7) is 5.69. The molecule has 0 saturated heterocycles. The van der Waals surface area contributed by atoms with Crippen LogP contribution >= 0.6 is 11.3 Å². The lowest BCUT2D eigenvalue weighted by Gasteiger charge is -2.25. The molecule has 29 heavy (non-hydrogen) atoms. The lowest BCUT2D eigenvalue weighted by molar-refractivity contribution is -0.129. The number of nitriles is 1. The van der Waals surface area contributed by atoms with E-state index >= 15 is 0 Å². The summed E-state index contributed by atoms with van der Waals surface area (Å²) < 4.78 is 24.4. The average Bonchev–Trinajstić information content (AvgIpc) is 3.03. The Labute approximate surface area is 173 Å². The molecule has 0 aliphatic carbocycles. The predicted octanol–water partition coefficient (Wildman–Crippen LogP) is 2.96. The molecule has 1 N–H and O–H groups in total. The number of carbonyl (C=O) groups excluding carboxylic acids is 2. The summed E-state index contributed by atoms with van der Waals surface area (Å²) in [7, 11) is -3.41. The molecule has 1 aromatic heterocycles. The van der Waals surface area contributed by atoms with Crippen LogP contribution in [0.3, 0.4) is 0 Å². The van der Waals surface area contributed by atoms with E-state index in [1.807, 2.05) is 0 Å². The van der Waals surface area contributed by atoms with Crippen LogP contribution in [-0.4, -0.2) is 36.9 Å². The first kappa shape index (κ1) is 21.0. The molecule has 0 bridgehead atoms. The van der Waals surface area contributed by atoms with E-state index < -0.39 is 21.0 Å². The monoisotopic (exact) mass is 431 g/mol. The molecule has 0 spiro atoms. The maximum atomic E-state index is 12.6. The molecule has 2 amide bonds. The van der Waals surface area contributed by atoms with Crippen molar-refractivity contribution in [3.63, 3.8) is 0 Å². The molecule has 2 heterocycles. The van der Waals surface area contributed by atoms with Gasteiger partial charge >= 0.3 is 0 Å². The molecule has 2 aromatic rings. The highest BCUT2D eigenvalue weighted by Gasteiger charge is 2.26. The largest absolute Gasteiger partial charge is 0.337 e. The molecule has 152 valence electrons. The summed E-state index contributed by atoms with van der Waals surface area (Å²) in [5.74, 6) is -0.443. The molecule has 0 atom stereocenters. The highest BCUT2D eigenvalue weighted by molar-refractivity contribution is 7.92. The van der Waals surface area contributed by atoms with Gasteiger partial charge in [0.2, 0.25) is 5.91 Å². The molecule has 1 aromatic carbocycles. The van der Waals surface area contributed by atoms with Crippen molar-refractivity contribution in [2.24, 2.45) is 0 Å². The molecule has 0 saturated carbocycles. The zero-order chi connectivity index (χ0) is 21.3. The lowest BCUT2D eigenvalue weighted by atomic mass is 10.0. The van der Waals surface area contributed by atoms with Gasteiger partial charge in [0.15, 0.2) is 9.84 Å². The third kappa shape index (κ3) is 4.04. The number of amides is 2. The van der Waals surface area contributed by atoms with Crippen LogP contribution in [0.5, 0.6) is 0 Å². The lowest BCUT2D eigenvalue weighted by Crippen LogP contribution is -2.33. The average molecular weight is 432 g/mol. The third-order valence-corrected chi connectivity index (χ3v) is 8.21. The normalized spacial score (nSPS) is 13.7. The topological polar surface area (TPSA) is 107 Å². The van der Waals surface area contributed by atoms with E-state index in [0.717, 1.165) is 10.4 Å². The van der Waals surface area contributed by atoms with Gasteiger partial charge in [0, 0.05) is 23.9 Å². The van der Waals surface area contributed by atoms with Crippen molar-refractivity contribution < 1.29 is 18.0 Å². The summed E-state index contributed by atoms with van der Waals surface area (Å²) in [5.41, 5.74) is 1.61. The summed E-state index contributed by atoms with van der Waals surface area (Å²) >= 11 is 1.30. The number of hydrogen-bond donors (Lipinski definition) is 1. The highest BCUT2D eigenvalue weighted by Crippen LogP contribution is 2.37. The van der Waals surface area contributed by atoms with Crippen LogP contribution in [0.2, 0.25) is 0 Å². The number of nitrogens with zero attached hydrogens (tertiary/aromatic N) is 2. The Bertz CT molecular complexity index is 1110. The van der Waals surface area contributed by atoms with Crippen LogP contribution in [0.15, 0.2) is 29.2 Å². The smallest absolute Gasteiger partial charge is 0.256 e. The molecular formula is C20H21N3O4S2. The van der Waals surface area contributed by atoms with Gasteiger partial charge in [-0.1, -0.05) is 0 Å². The fraction of sp³-hybridized carbons (Fsp3) is 0.350. The second-order valence-corrected chi connectivity index (χ2v) is 10.7. The minimum atomic E-state index is -3.41. The van der Waals surface area contributed by atoms with Crippen LogP contribution in [-0.2, 0) is 27.6 Å². The third-order valence-electron chi connectivity index (χ3n) is 4.91. The fourth-order valence-electron chi connectivity index (χ4n) is 3.12.